The van der Waals surface area contributed by atoms with E-state index in [1.807, 2.05) is 0 Å². The van der Waals surface area contributed by atoms with E-state index in [1.54, 1.807) is 17.9 Å². The van der Waals surface area contributed by atoms with Gasteiger partial charge in [0, 0.05) is 32.0 Å². The molecule has 1 aliphatic carbocycles. The second kappa shape index (κ2) is 10.3. The Hall–Kier alpha value is -2.51. The minimum atomic E-state index is -0.846. The van der Waals surface area contributed by atoms with Crippen LogP contribution in [0.2, 0.25) is 0 Å². The van der Waals surface area contributed by atoms with Crippen molar-refractivity contribution in [3.8, 4) is 0 Å². The number of likely N-dealkylation sites (tertiary alicyclic amines) is 1. The Morgan fingerprint density at radius 3 is 2.52 bits per heavy atom. The fourth-order valence-electron chi connectivity index (χ4n) is 3.28. The van der Waals surface area contributed by atoms with Crippen molar-refractivity contribution >= 4 is 17.8 Å². The maximum atomic E-state index is 13.4. The Bertz CT molecular complexity index is 765. The Balaban J connectivity index is 0.000000212. The third kappa shape index (κ3) is 7.11. The maximum Gasteiger partial charge on any atom is 0.328 e. The van der Waals surface area contributed by atoms with Gasteiger partial charge in [0.15, 0.2) is 11.6 Å². The third-order valence-electron chi connectivity index (χ3n) is 4.91. The van der Waals surface area contributed by atoms with Crippen molar-refractivity contribution in [1.82, 2.24) is 10.2 Å². The molecule has 160 valence electrons. The van der Waals surface area contributed by atoms with E-state index in [4.69, 9.17) is 0 Å². The van der Waals surface area contributed by atoms with E-state index in [2.05, 4.69) is 10.1 Å². The van der Waals surface area contributed by atoms with E-state index in [0.717, 1.165) is 25.3 Å². The number of hydrogen-bond acceptors (Lipinski definition) is 4. The Morgan fingerprint density at radius 2 is 2.00 bits per heavy atom. The molecule has 1 N–H and O–H groups in total. The molecule has 1 heterocycles. The molecule has 1 saturated heterocycles. The van der Waals surface area contributed by atoms with Crippen molar-refractivity contribution in [2.45, 2.75) is 58.5 Å². The average molecular weight is 410 g/mol. The molecule has 1 aliphatic heterocycles. The summed E-state index contributed by atoms with van der Waals surface area (Å²) in [5.74, 6) is -1.61. The van der Waals surface area contributed by atoms with Crippen LogP contribution < -0.4 is 5.32 Å². The summed E-state index contributed by atoms with van der Waals surface area (Å²) >= 11 is 0. The highest BCUT2D eigenvalue weighted by Crippen LogP contribution is 2.33. The van der Waals surface area contributed by atoms with Crippen molar-refractivity contribution in [3.63, 3.8) is 0 Å². The molecule has 0 aromatic heterocycles. The Labute approximate surface area is 169 Å². The van der Waals surface area contributed by atoms with Crippen LogP contribution in [0.4, 0.5) is 8.78 Å². The van der Waals surface area contributed by atoms with Crippen LogP contribution in [-0.2, 0) is 25.7 Å². The standard InChI is InChI=1S/C12H13F2NO.C9H15NO3/c1-8-5-9(12(14)10(13)6-8)7-15-4-2-3-11(15)16;1-6(11)10-8(9(12)13-2)5-7-3-4-7/h5-6H,2-4,7H2,1H3;7-8H,3-5H2,1-2H3,(H,10,11). The summed E-state index contributed by atoms with van der Waals surface area (Å²) < 4.78 is 31.2. The topological polar surface area (TPSA) is 75.7 Å². The number of nitrogens with zero attached hydrogens (tertiary/aromatic N) is 1. The van der Waals surface area contributed by atoms with Gasteiger partial charge in [0.25, 0.3) is 0 Å². The average Bonchev–Trinajstić information content (AvgIpc) is 3.39. The van der Waals surface area contributed by atoms with E-state index >= 15 is 0 Å². The highest BCUT2D eigenvalue weighted by Gasteiger charge is 2.30. The Morgan fingerprint density at radius 1 is 1.31 bits per heavy atom. The van der Waals surface area contributed by atoms with Gasteiger partial charge in [-0.3, -0.25) is 9.59 Å². The molecule has 1 unspecified atom stereocenters. The minimum Gasteiger partial charge on any atom is -0.467 e. The molecule has 1 saturated carbocycles. The molecule has 2 amide bonds. The number of benzene rings is 1. The van der Waals surface area contributed by atoms with E-state index in [0.29, 0.717) is 30.9 Å². The summed E-state index contributed by atoms with van der Waals surface area (Å²) in [4.78, 5) is 34.9. The lowest BCUT2D eigenvalue weighted by Gasteiger charge is -2.16. The van der Waals surface area contributed by atoms with Crippen LogP contribution in [0.1, 0.15) is 50.2 Å². The zero-order valence-electron chi connectivity index (χ0n) is 17.1. The number of carbonyl (C=O) groups excluding carboxylic acids is 3. The zero-order valence-corrected chi connectivity index (χ0v) is 17.1. The van der Waals surface area contributed by atoms with Crippen LogP contribution in [-0.4, -0.2) is 42.4 Å². The number of rotatable bonds is 6. The Kier molecular flexibility index (Phi) is 8.10. The highest BCUT2D eigenvalue weighted by molar-refractivity contribution is 5.83. The molecular weight excluding hydrogens is 382 g/mol. The normalized spacial score (nSPS) is 16.7. The number of nitrogens with one attached hydrogen (secondary N) is 1. The molecule has 2 aliphatic rings. The highest BCUT2D eigenvalue weighted by atomic mass is 19.2. The third-order valence-corrected chi connectivity index (χ3v) is 4.91. The molecule has 1 aromatic rings. The number of carbonyl (C=O) groups is 3. The molecule has 0 bridgehead atoms. The molecule has 3 rings (SSSR count). The minimum absolute atomic E-state index is 0.0151. The van der Waals surface area contributed by atoms with Gasteiger partial charge < -0.3 is 15.0 Å². The van der Waals surface area contributed by atoms with Crippen LogP contribution in [0.3, 0.4) is 0 Å². The SMILES string of the molecule is COC(=O)C(CC1CC1)NC(C)=O.Cc1cc(F)c(F)c(CN2CCCC2=O)c1. The molecule has 1 atom stereocenters. The summed E-state index contributed by atoms with van der Waals surface area (Å²) in [6.07, 6.45) is 4.34. The first-order valence-electron chi connectivity index (χ1n) is 9.78. The van der Waals surface area contributed by atoms with Crippen molar-refractivity contribution in [2.24, 2.45) is 5.92 Å². The van der Waals surface area contributed by atoms with Gasteiger partial charge in [-0.15, -0.1) is 0 Å². The van der Waals surface area contributed by atoms with Crippen LogP contribution in [0.15, 0.2) is 12.1 Å². The molecule has 1 aromatic carbocycles. The van der Waals surface area contributed by atoms with E-state index in [-0.39, 0.29) is 29.9 Å². The predicted octanol–water partition coefficient (Wildman–Crippen LogP) is 2.86. The molecule has 8 heteroatoms. The second-order valence-corrected chi connectivity index (χ2v) is 7.59. The number of aryl methyl sites for hydroxylation is 1. The second-order valence-electron chi connectivity index (χ2n) is 7.59. The van der Waals surface area contributed by atoms with Crippen molar-refractivity contribution < 1.29 is 27.9 Å². The van der Waals surface area contributed by atoms with E-state index in [9.17, 15) is 23.2 Å². The first kappa shape index (κ1) is 22.8. The monoisotopic (exact) mass is 410 g/mol. The summed E-state index contributed by atoms with van der Waals surface area (Å²) in [5, 5.41) is 2.59. The molecule has 0 spiro atoms. The molecule has 2 fully saturated rings. The number of hydrogen-bond donors (Lipinski definition) is 1. The van der Waals surface area contributed by atoms with Gasteiger partial charge >= 0.3 is 5.97 Å². The molecule has 29 heavy (non-hydrogen) atoms. The molecule has 6 nitrogen and oxygen atoms in total. The largest absolute Gasteiger partial charge is 0.467 e. The summed E-state index contributed by atoms with van der Waals surface area (Å²) in [7, 11) is 1.34. The van der Waals surface area contributed by atoms with E-state index < -0.39 is 17.7 Å². The van der Waals surface area contributed by atoms with Crippen LogP contribution in [0, 0.1) is 24.5 Å². The smallest absolute Gasteiger partial charge is 0.328 e. The first-order valence-corrected chi connectivity index (χ1v) is 9.78. The maximum absolute atomic E-state index is 13.4. The van der Waals surface area contributed by atoms with Crippen LogP contribution in [0.5, 0.6) is 0 Å². The molecule has 0 radical (unpaired) electrons. The van der Waals surface area contributed by atoms with Crippen LogP contribution in [0.25, 0.3) is 0 Å². The number of ether oxygens (including phenoxy) is 1. The van der Waals surface area contributed by atoms with Gasteiger partial charge in [-0.2, -0.15) is 0 Å². The van der Waals surface area contributed by atoms with Crippen LogP contribution >= 0.6 is 0 Å². The molecular formula is C21H28F2N2O4. The van der Waals surface area contributed by atoms with Crippen molar-refractivity contribution in [1.29, 1.82) is 0 Å². The van der Waals surface area contributed by atoms with E-state index in [1.165, 1.54) is 14.0 Å². The fourth-order valence-corrected chi connectivity index (χ4v) is 3.28. The zero-order chi connectivity index (χ0) is 21.6. The van der Waals surface area contributed by atoms with Gasteiger partial charge in [-0.05, 0) is 37.3 Å². The number of amides is 2. The van der Waals surface area contributed by atoms with Gasteiger partial charge in [-0.1, -0.05) is 18.9 Å². The summed E-state index contributed by atoms with van der Waals surface area (Å²) in [6.45, 7) is 3.91. The van der Waals surface area contributed by atoms with Gasteiger partial charge in [0.2, 0.25) is 11.8 Å². The lowest BCUT2D eigenvalue weighted by Crippen LogP contribution is -2.40. The summed E-state index contributed by atoms with van der Waals surface area (Å²) in [6, 6.07) is 2.30. The first-order chi connectivity index (χ1) is 13.7. The lowest BCUT2D eigenvalue weighted by molar-refractivity contribution is -0.145. The van der Waals surface area contributed by atoms with Crippen molar-refractivity contribution in [3.05, 3.63) is 34.9 Å². The van der Waals surface area contributed by atoms with Crippen molar-refractivity contribution in [2.75, 3.05) is 13.7 Å². The number of halogens is 2. The summed E-state index contributed by atoms with van der Waals surface area (Å²) in [5.41, 5.74) is 0.924. The quantitative estimate of drug-likeness (QED) is 0.732. The predicted molar refractivity (Wildman–Crippen MR) is 103 cm³/mol. The van der Waals surface area contributed by atoms with Gasteiger partial charge in [0.1, 0.15) is 6.04 Å². The fraction of sp³-hybridized carbons (Fsp3) is 0.571. The van der Waals surface area contributed by atoms with Gasteiger partial charge in [-0.25, -0.2) is 13.6 Å². The lowest BCUT2D eigenvalue weighted by atomic mass is 10.1. The number of esters is 1. The number of methoxy groups -OCH3 is 1. The van der Waals surface area contributed by atoms with Gasteiger partial charge in [0.05, 0.1) is 7.11 Å².